The van der Waals surface area contributed by atoms with E-state index in [2.05, 4.69) is 5.32 Å². The van der Waals surface area contributed by atoms with E-state index < -0.39 is 17.5 Å². The van der Waals surface area contributed by atoms with E-state index >= 15 is 0 Å². The van der Waals surface area contributed by atoms with E-state index in [0.717, 1.165) is 12.1 Å². The Labute approximate surface area is 138 Å². The fourth-order valence-corrected chi connectivity index (χ4v) is 2.26. The summed E-state index contributed by atoms with van der Waals surface area (Å²) < 4.78 is 42.1. The number of nitrogens with one attached hydrogen (secondary N) is 1. The molecule has 1 N–H and O–H groups in total. The molecule has 0 fully saturated rings. The largest absolute Gasteiger partial charge is 0.493 e. The Hall–Kier alpha value is -2.83. The minimum absolute atomic E-state index is 0.0838. The summed E-state index contributed by atoms with van der Waals surface area (Å²) in [5.74, 6) is -0.958. The normalized spacial score (nSPS) is 10.2. The van der Waals surface area contributed by atoms with Crippen molar-refractivity contribution >= 4 is 5.91 Å². The second kappa shape index (κ2) is 7.63. The molecule has 2 aromatic rings. The number of methoxy groups -OCH3 is 3. The monoisotopic (exact) mass is 337 g/mol. The lowest BCUT2D eigenvalue weighted by Gasteiger charge is -2.16. The fourth-order valence-electron chi connectivity index (χ4n) is 2.26. The van der Waals surface area contributed by atoms with E-state index in [0.29, 0.717) is 28.9 Å². The van der Waals surface area contributed by atoms with Crippen LogP contribution in [0.3, 0.4) is 0 Å². The highest BCUT2D eigenvalue weighted by Gasteiger charge is 2.17. The molecule has 0 bridgehead atoms. The van der Waals surface area contributed by atoms with Crippen LogP contribution in [0.15, 0.2) is 30.3 Å². The minimum atomic E-state index is -0.816. The van der Waals surface area contributed by atoms with Crippen LogP contribution in [0.2, 0.25) is 0 Å². The number of benzene rings is 2. The van der Waals surface area contributed by atoms with Gasteiger partial charge in [-0.3, -0.25) is 4.79 Å². The molecule has 0 aliphatic carbocycles. The first kappa shape index (κ1) is 17.5. The molecule has 0 atom stereocenters. The predicted octanol–water partition coefficient (Wildman–Crippen LogP) is 2.92. The summed E-state index contributed by atoms with van der Waals surface area (Å²) in [6, 6.07) is 6.00. The SMILES string of the molecule is COc1ccc(CNC(=O)c2cc(F)cc(F)c2)c(OC)c1OC. The second-order valence-electron chi connectivity index (χ2n) is 4.83. The molecule has 0 spiro atoms. The van der Waals surface area contributed by atoms with Gasteiger partial charge in [0.05, 0.1) is 21.3 Å². The molecule has 0 unspecified atom stereocenters. The minimum Gasteiger partial charge on any atom is -0.493 e. The highest BCUT2D eigenvalue weighted by molar-refractivity contribution is 5.94. The maximum absolute atomic E-state index is 13.2. The van der Waals surface area contributed by atoms with E-state index in [1.807, 2.05) is 0 Å². The van der Waals surface area contributed by atoms with Crippen molar-refractivity contribution in [3.05, 3.63) is 53.1 Å². The van der Waals surface area contributed by atoms with Crippen molar-refractivity contribution in [2.45, 2.75) is 6.54 Å². The third kappa shape index (κ3) is 3.73. The first-order valence-corrected chi connectivity index (χ1v) is 7.02. The summed E-state index contributed by atoms with van der Waals surface area (Å²) in [5, 5.41) is 2.58. The smallest absolute Gasteiger partial charge is 0.251 e. The lowest BCUT2D eigenvalue weighted by atomic mass is 10.1. The molecule has 0 saturated heterocycles. The van der Waals surface area contributed by atoms with Crippen LogP contribution in [0.4, 0.5) is 8.78 Å². The van der Waals surface area contributed by atoms with Gasteiger partial charge in [0.2, 0.25) is 5.75 Å². The number of carbonyl (C=O) groups is 1. The molecule has 0 heterocycles. The van der Waals surface area contributed by atoms with Crippen molar-refractivity contribution in [3.8, 4) is 17.2 Å². The third-order valence-electron chi connectivity index (χ3n) is 3.35. The van der Waals surface area contributed by atoms with E-state index in [9.17, 15) is 13.6 Å². The number of rotatable bonds is 6. The Kier molecular flexibility index (Phi) is 5.57. The maximum Gasteiger partial charge on any atom is 0.251 e. The second-order valence-corrected chi connectivity index (χ2v) is 4.83. The number of ether oxygens (including phenoxy) is 3. The number of carbonyl (C=O) groups excluding carboxylic acids is 1. The van der Waals surface area contributed by atoms with E-state index in [4.69, 9.17) is 14.2 Å². The number of halogens is 2. The molecule has 0 aliphatic heterocycles. The van der Waals surface area contributed by atoms with Crippen molar-refractivity contribution < 1.29 is 27.8 Å². The molecule has 0 radical (unpaired) electrons. The molecule has 2 rings (SSSR count). The van der Waals surface area contributed by atoms with Gasteiger partial charge in [0.25, 0.3) is 5.91 Å². The van der Waals surface area contributed by atoms with E-state index in [1.54, 1.807) is 12.1 Å². The molecule has 24 heavy (non-hydrogen) atoms. The summed E-state index contributed by atoms with van der Waals surface area (Å²) in [7, 11) is 4.43. The Morgan fingerprint density at radius 3 is 2.12 bits per heavy atom. The highest BCUT2D eigenvalue weighted by Crippen LogP contribution is 2.39. The van der Waals surface area contributed by atoms with Crippen LogP contribution in [-0.2, 0) is 6.54 Å². The van der Waals surface area contributed by atoms with Crippen LogP contribution in [-0.4, -0.2) is 27.2 Å². The highest BCUT2D eigenvalue weighted by atomic mass is 19.1. The van der Waals surface area contributed by atoms with Gasteiger partial charge in [0, 0.05) is 23.7 Å². The van der Waals surface area contributed by atoms with Crippen molar-refractivity contribution in [1.29, 1.82) is 0 Å². The van der Waals surface area contributed by atoms with Crippen molar-refractivity contribution in [3.63, 3.8) is 0 Å². The van der Waals surface area contributed by atoms with Crippen LogP contribution >= 0.6 is 0 Å². The van der Waals surface area contributed by atoms with Gasteiger partial charge < -0.3 is 19.5 Å². The quantitative estimate of drug-likeness (QED) is 0.881. The summed E-state index contributed by atoms with van der Waals surface area (Å²) in [6.45, 7) is 0.0838. The van der Waals surface area contributed by atoms with Gasteiger partial charge >= 0.3 is 0 Å². The van der Waals surface area contributed by atoms with Crippen LogP contribution in [0, 0.1) is 11.6 Å². The zero-order chi connectivity index (χ0) is 17.7. The zero-order valence-corrected chi connectivity index (χ0v) is 13.5. The molecule has 1 amide bonds. The van der Waals surface area contributed by atoms with Crippen LogP contribution < -0.4 is 19.5 Å². The molecule has 2 aromatic carbocycles. The first-order chi connectivity index (χ1) is 11.5. The van der Waals surface area contributed by atoms with Gasteiger partial charge in [-0.05, 0) is 24.3 Å². The molecule has 0 saturated carbocycles. The zero-order valence-electron chi connectivity index (χ0n) is 13.5. The number of amides is 1. The summed E-state index contributed by atoms with van der Waals surface area (Å²) in [4.78, 5) is 12.1. The lowest BCUT2D eigenvalue weighted by Crippen LogP contribution is -2.23. The standard InChI is InChI=1S/C17H17F2NO4/c1-22-14-5-4-10(15(23-2)16(14)24-3)9-20-17(21)11-6-12(18)8-13(19)7-11/h4-8H,9H2,1-3H3,(H,20,21). The van der Waals surface area contributed by atoms with Crippen LogP contribution in [0.25, 0.3) is 0 Å². The van der Waals surface area contributed by atoms with Gasteiger partial charge in [0.1, 0.15) is 11.6 Å². The summed E-state index contributed by atoms with van der Waals surface area (Å²) >= 11 is 0. The average molecular weight is 337 g/mol. The van der Waals surface area contributed by atoms with Crippen LogP contribution in [0.1, 0.15) is 15.9 Å². The molecule has 7 heteroatoms. The number of hydrogen-bond donors (Lipinski definition) is 1. The fraction of sp³-hybridized carbons (Fsp3) is 0.235. The molecule has 0 aliphatic rings. The van der Waals surface area contributed by atoms with Gasteiger partial charge in [-0.15, -0.1) is 0 Å². The Balaban J connectivity index is 2.21. The Morgan fingerprint density at radius 2 is 1.58 bits per heavy atom. The van der Waals surface area contributed by atoms with Crippen molar-refractivity contribution in [1.82, 2.24) is 5.32 Å². The molecular formula is C17H17F2NO4. The van der Waals surface area contributed by atoms with Crippen molar-refractivity contribution in [2.75, 3.05) is 21.3 Å². The molecule has 128 valence electrons. The van der Waals surface area contributed by atoms with Gasteiger partial charge in [0.15, 0.2) is 11.5 Å². The van der Waals surface area contributed by atoms with E-state index in [-0.39, 0.29) is 12.1 Å². The summed E-state index contributed by atoms with van der Waals surface area (Å²) in [5.41, 5.74) is 0.521. The van der Waals surface area contributed by atoms with Crippen LogP contribution in [0.5, 0.6) is 17.2 Å². The van der Waals surface area contributed by atoms with Gasteiger partial charge in [-0.1, -0.05) is 0 Å². The molecular weight excluding hydrogens is 320 g/mol. The average Bonchev–Trinajstić information content (AvgIpc) is 2.57. The maximum atomic E-state index is 13.2. The van der Waals surface area contributed by atoms with Crippen molar-refractivity contribution in [2.24, 2.45) is 0 Å². The Bertz CT molecular complexity index is 729. The van der Waals surface area contributed by atoms with Gasteiger partial charge in [-0.25, -0.2) is 8.78 Å². The topological polar surface area (TPSA) is 56.8 Å². The number of hydrogen-bond acceptors (Lipinski definition) is 4. The molecule has 5 nitrogen and oxygen atoms in total. The Morgan fingerprint density at radius 1 is 0.958 bits per heavy atom. The third-order valence-corrected chi connectivity index (χ3v) is 3.35. The molecule has 0 aromatic heterocycles. The lowest BCUT2D eigenvalue weighted by molar-refractivity contribution is 0.0949. The summed E-state index contributed by atoms with van der Waals surface area (Å²) in [6.07, 6.45) is 0. The predicted molar refractivity (Wildman–Crippen MR) is 83.6 cm³/mol. The first-order valence-electron chi connectivity index (χ1n) is 7.02. The van der Waals surface area contributed by atoms with E-state index in [1.165, 1.54) is 21.3 Å². The van der Waals surface area contributed by atoms with Gasteiger partial charge in [-0.2, -0.15) is 0 Å².